The van der Waals surface area contributed by atoms with Crippen molar-refractivity contribution in [1.29, 1.82) is 0 Å². The number of carbonyl (C=O) groups is 1. The van der Waals surface area contributed by atoms with Crippen molar-refractivity contribution in [2.24, 2.45) is 0 Å². The molecular weight excluding hydrogens is 364 g/mol. The van der Waals surface area contributed by atoms with Crippen molar-refractivity contribution in [3.8, 4) is 0 Å². The van der Waals surface area contributed by atoms with Crippen LogP contribution in [0.5, 0.6) is 0 Å². The van der Waals surface area contributed by atoms with E-state index in [2.05, 4.69) is 36.8 Å². The molecule has 1 aliphatic heterocycles. The summed E-state index contributed by atoms with van der Waals surface area (Å²) in [6.07, 6.45) is 6.67. The van der Waals surface area contributed by atoms with Gasteiger partial charge in [-0.25, -0.2) is 14.6 Å². The third-order valence-corrected chi connectivity index (χ3v) is 5.82. The molecule has 4 heterocycles. The third-order valence-electron chi connectivity index (χ3n) is 4.92. The van der Waals surface area contributed by atoms with Crippen LogP contribution in [-0.2, 0) is 13.1 Å². The summed E-state index contributed by atoms with van der Waals surface area (Å²) < 4.78 is 3.91. The van der Waals surface area contributed by atoms with Crippen LogP contribution in [0.3, 0.4) is 0 Å². The fraction of sp³-hybridized carbons (Fsp3) is 0.529. The van der Waals surface area contributed by atoms with Crippen LogP contribution in [-0.4, -0.2) is 58.4 Å². The normalized spacial score (nSPS) is 15.4. The van der Waals surface area contributed by atoms with Crippen LogP contribution in [0.1, 0.15) is 52.0 Å². The molecule has 142 valence electrons. The molecule has 10 heteroatoms. The lowest BCUT2D eigenvalue weighted by molar-refractivity contribution is 0.0715. The molecule has 1 fully saturated rings. The van der Waals surface area contributed by atoms with E-state index in [4.69, 9.17) is 0 Å². The summed E-state index contributed by atoms with van der Waals surface area (Å²) in [5.41, 5.74) is 0. The second kappa shape index (κ2) is 7.55. The van der Waals surface area contributed by atoms with Gasteiger partial charge in [0.15, 0.2) is 5.82 Å². The van der Waals surface area contributed by atoms with E-state index in [0.29, 0.717) is 12.5 Å². The van der Waals surface area contributed by atoms with Gasteiger partial charge in [0.25, 0.3) is 5.91 Å². The summed E-state index contributed by atoms with van der Waals surface area (Å²) in [4.78, 5) is 23.4. The maximum Gasteiger partial charge on any atom is 0.265 e. The molecule has 0 N–H and O–H groups in total. The first-order chi connectivity index (χ1) is 13.2. The SMILES string of the molecule is CCn1c(Cn2cncn2)nnc1C1CCN(C(=O)c2cnc(C)s2)CC1. The number of nitrogens with zero attached hydrogens (tertiary/aromatic N) is 8. The zero-order valence-electron chi connectivity index (χ0n) is 15.4. The van der Waals surface area contributed by atoms with Crippen molar-refractivity contribution in [3.63, 3.8) is 0 Å². The van der Waals surface area contributed by atoms with Crippen molar-refractivity contribution >= 4 is 17.2 Å². The number of amides is 1. The summed E-state index contributed by atoms with van der Waals surface area (Å²) >= 11 is 1.46. The molecule has 0 spiro atoms. The maximum atomic E-state index is 12.6. The van der Waals surface area contributed by atoms with E-state index in [1.165, 1.54) is 17.7 Å². The minimum absolute atomic E-state index is 0.0860. The molecule has 3 aromatic heterocycles. The van der Waals surface area contributed by atoms with Crippen molar-refractivity contribution < 1.29 is 4.79 Å². The van der Waals surface area contributed by atoms with E-state index in [9.17, 15) is 4.79 Å². The molecule has 1 amide bonds. The Balaban J connectivity index is 1.43. The molecule has 3 aromatic rings. The molecule has 1 aliphatic rings. The Morgan fingerprint density at radius 1 is 1.30 bits per heavy atom. The Morgan fingerprint density at radius 2 is 2.11 bits per heavy atom. The fourth-order valence-corrected chi connectivity index (χ4v) is 4.27. The summed E-state index contributed by atoms with van der Waals surface area (Å²) in [5, 5.41) is 13.9. The Labute approximate surface area is 161 Å². The van der Waals surface area contributed by atoms with Gasteiger partial charge in [0.2, 0.25) is 0 Å². The van der Waals surface area contributed by atoms with Crippen LogP contribution in [0.15, 0.2) is 18.9 Å². The highest BCUT2D eigenvalue weighted by atomic mass is 32.1. The molecule has 0 atom stereocenters. The predicted molar refractivity (Wildman–Crippen MR) is 99.5 cm³/mol. The number of hydrogen-bond acceptors (Lipinski definition) is 7. The highest BCUT2D eigenvalue weighted by Gasteiger charge is 2.29. The van der Waals surface area contributed by atoms with Gasteiger partial charge in [0.05, 0.1) is 11.2 Å². The standard InChI is InChI=1S/C17H22N8OS/c1-3-25-15(9-24-11-18-10-20-24)21-22-16(25)13-4-6-23(7-5-13)17(26)14-8-19-12(2)27-14/h8,10-11,13H,3-7,9H2,1-2H3. The lowest BCUT2D eigenvalue weighted by atomic mass is 9.95. The molecule has 0 aromatic carbocycles. The molecule has 0 saturated carbocycles. The molecule has 0 aliphatic carbocycles. The van der Waals surface area contributed by atoms with Gasteiger partial charge in [-0.05, 0) is 26.7 Å². The summed E-state index contributed by atoms with van der Waals surface area (Å²) in [7, 11) is 0. The number of hydrogen-bond donors (Lipinski definition) is 0. The van der Waals surface area contributed by atoms with E-state index in [0.717, 1.165) is 54.0 Å². The van der Waals surface area contributed by atoms with Crippen LogP contribution in [0.25, 0.3) is 0 Å². The molecule has 4 rings (SSSR count). The number of aromatic nitrogens is 7. The van der Waals surface area contributed by atoms with Crippen molar-refractivity contribution in [3.05, 3.63) is 40.4 Å². The van der Waals surface area contributed by atoms with E-state index >= 15 is 0 Å². The van der Waals surface area contributed by atoms with E-state index in [1.807, 2.05) is 11.8 Å². The number of rotatable bonds is 5. The first-order valence-corrected chi connectivity index (χ1v) is 9.93. The third kappa shape index (κ3) is 3.61. The first kappa shape index (κ1) is 17.8. The predicted octanol–water partition coefficient (Wildman–Crippen LogP) is 1.72. The largest absolute Gasteiger partial charge is 0.338 e. The topological polar surface area (TPSA) is 94.6 Å². The number of piperidine rings is 1. The molecule has 1 saturated heterocycles. The van der Waals surface area contributed by atoms with Gasteiger partial charge in [0.1, 0.15) is 29.9 Å². The van der Waals surface area contributed by atoms with Crippen molar-refractivity contribution in [1.82, 2.24) is 39.4 Å². The number of aryl methyl sites for hydroxylation is 1. The molecule has 9 nitrogen and oxygen atoms in total. The number of carbonyl (C=O) groups excluding carboxylic acids is 1. The minimum Gasteiger partial charge on any atom is -0.338 e. The quantitative estimate of drug-likeness (QED) is 0.663. The second-order valence-electron chi connectivity index (χ2n) is 6.62. The molecule has 27 heavy (non-hydrogen) atoms. The number of thiazole rings is 1. The molecule has 0 unspecified atom stereocenters. The summed E-state index contributed by atoms with van der Waals surface area (Å²) in [5.74, 6) is 2.29. The Morgan fingerprint density at radius 3 is 2.74 bits per heavy atom. The first-order valence-electron chi connectivity index (χ1n) is 9.11. The monoisotopic (exact) mass is 386 g/mol. The summed E-state index contributed by atoms with van der Waals surface area (Å²) in [6.45, 7) is 6.85. The van der Waals surface area contributed by atoms with Crippen LogP contribution >= 0.6 is 11.3 Å². The van der Waals surface area contributed by atoms with Gasteiger partial charge >= 0.3 is 0 Å². The smallest absolute Gasteiger partial charge is 0.265 e. The highest BCUT2D eigenvalue weighted by Crippen LogP contribution is 2.28. The van der Waals surface area contributed by atoms with Crippen LogP contribution in [0.2, 0.25) is 0 Å². The number of likely N-dealkylation sites (tertiary alicyclic amines) is 1. The zero-order valence-corrected chi connectivity index (χ0v) is 16.3. The van der Waals surface area contributed by atoms with Gasteiger partial charge in [-0.1, -0.05) is 0 Å². The average molecular weight is 386 g/mol. The lowest BCUT2D eigenvalue weighted by Gasteiger charge is -2.31. The lowest BCUT2D eigenvalue weighted by Crippen LogP contribution is -2.38. The second-order valence-corrected chi connectivity index (χ2v) is 7.86. The molecule has 0 radical (unpaired) electrons. The van der Waals surface area contributed by atoms with Crippen LogP contribution in [0, 0.1) is 6.92 Å². The van der Waals surface area contributed by atoms with Crippen LogP contribution in [0.4, 0.5) is 0 Å². The fourth-order valence-electron chi connectivity index (χ4n) is 3.53. The van der Waals surface area contributed by atoms with Gasteiger partial charge in [-0.3, -0.25) is 4.79 Å². The minimum atomic E-state index is 0.0860. The average Bonchev–Trinajstić information content (AvgIpc) is 3.43. The van der Waals surface area contributed by atoms with Crippen molar-refractivity contribution in [2.75, 3.05) is 13.1 Å². The van der Waals surface area contributed by atoms with Gasteiger partial charge < -0.3 is 9.47 Å². The van der Waals surface area contributed by atoms with Crippen molar-refractivity contribution in [2.45, 2.75) is 45.7 Å². The summed E-state index contributed by atoms with van der Waals surface area (Å²) in [6, 6.07) is 0. The van der Waals surface area contributed by atoms with Gasteiger partial charge in [-0.15, -0.1) is 21.5 Å². The Bertz CT molecular complexity index is 907. The molecular formula is C17H22N8OS. The zero-order chi connectivity index (χ0) is 18.8. The van der Waals surface area contributed by atoms with E-state index in [-0.39, 0.29) is 5.91 Å². The molecule has 0 bridgehead atoms. The van der Waals surface area contributed by atoms with E-state index < -0.39 is 0 Å². The maximum absolute atomic E-state index is 12.6. The Hall–Kier alpha value is -2.62. The van der Waals surface area contributed by atoms with Gasteiger partial charge in [-0.2, -0.15) is 5.10 Å². The van der Waals surface area contributed by atoms with Crippen LogP contribution < -0.4 is 0 Å². The van der Waals surface area contributed by atoms with E-state index in [1.54, 1.807) is 17.2 Å². The van der Waals surface area contributed by atoms with Gasteiger partial charge in [0, 0.05) is 25.6 Å². The Kier molecular flexibility index (Phi) is 4.97. The highest BCUT2D eigenvalue weighted by molar-refractivity contribution is 7.13.